The number of rotatable bonds is 13. The van der Waals surface area contributed by atoms with Crippen LogP contribution in [0.1, 0.15) is 55.6 Å². The number of nitrogens with one attached hydrogen (secondary N) is 1. The van der Waals surface area contributed by atoms with Crippen molar-refractivity contribution in [1.82, 2.24) is 15.2 Å². The molecule has 10 heteroatoms. The number of likely N-dealkylation sites (N-methyl/N-ethyl adjacent to an activating group) is 1. The van der Waals surface area contributed by atoms with Gasteiger partial charge in [-0.05, 0) is 75.6 Å². The maximum absolute atomic E-state index is 13.1. The summed E-state index contributed by atoms with van der Waals surface area (Å²) < 4.78 is 11.5. The van der Waals surface area contributed by atoms with E-state index >= 15 is 0 Å². The van der Waals surface area contributed by atoms with Crippen LogP contribution in [0.15, 0.2) is 67.0 Å². The molecule has 3 amide bonds. The Labute approximate surface area is 260 Å². The molecule has 1 unspecified atom stereocenters. The maximum Gasteiger partial charge on any atom is 0.257 e. The van der Waals surface area contributed by atoms with Crippen molar-refractivity contribution in [3.63, 3.8) is 0 Å². The number of aromatic nitrogens is 1. The molecule has 0 spiro atoms. The summed E-state index contributed by atoms with van der Waals surface area (Å²) in [4.78, 5) is 48.3. The largest absolute Gasteiger partial charge is 0.496 e. The van der Waals surface area contributed by atoms with Crippen molar-refractivity contribution >= 4 is 29.1 Å². The van der Waals surface area contributed by atoms with E-state index in [4.69, 9.17) is 9.47 Å². The molecule has 0 fully saturated rings. The minimum Gasteiger partial charge on any atom is -0.496 e. The number of nitrogens with zero attached hydrogens (tertiary/aromatic N) is 4. The fourth-order valence-electron chi connectivity index (χ4n) is 5.47. The van der Waals surface area contributed by atoms with Crippen LogP contribution >= 0.6 is 0 Å². The molecule has 44 heavy (non-hydrogen) atoms. The molecular formula is C34H43N5O5. The molecule has 1 N–H and O–H groups in total. The summed E-state index contributed by atoms with van der Waals surface area (Å²) in [5.41, 5.74) is 1.83. The van der Waals surface area contributed by atoms with Crippen molar-refractivity contribution in [2.45, 2.75) is 39.7 Å². The molecule has 0 saturated carbocycles. The van der Waals surface area contributed by atoms with Gasteiger partial charge in [0.15, 0.2) is 0 Å². The molecule has 4 rings (SSSR count). The topological polar surface area (TPSA) is 104 Å². The number of fused-ring (bicyclic) bond motifs is 1. The Morgan fingerprint density at radius 1 is 1.05 bits per heavy atom. The highest BCUT2D eigenvalue weighted by molar-refractivity contribution is 6.20. The van der Waals surface area contributed by atoms with E-state index in [1.807, 2.05) is 49.4 Å². The highest BCUT2D eigenvalue weighted by Gasteiger charge is 2.45. The summed E-state index contributed by atoms with van der Waals surface area (Å²) >= 11 is 0. The van der Waals surface area contributed by atoms with Gasteiger partial charge in [-0.3, -0.25) is 19.4 Å². The van der Waals surface area contributed by atoms with Crippen molar-refractivity contribution in [3.8, 4) is 11.5 Å². The third kappa shape index (κ3) is 7.02. The molecule has 1 atom stereocenters. The maximum atomic E-state index is 13.1. The smallest absolute Gasteiger partial charge is 0.257 e. The summed E-state index contributed by atoms with van der Waals surface area (Å²) in [5.74, 6) is 0.630. The molecule has 1 aliphatic rings. The molecule has 10 nitrogen and oxygen atoms in total. The van der Waals surface area contributed by atoms with Gasteiger partial charge in [-0.2, -0.15) is 0 Å². The van der Waals surface area contributed by atoms with Gasteiger partial charge in [-0.25, -0.2) is 0 Å². The predicted molar refractivity (Wildman–Crippen MR) is 171 cm³/mol. The zero-order chi connectivity index (χ0) is 31.9. The first-order valence-corrected chi connectivity index (χ1v) is 15.0. The second kappa shape index (κ2) is 14.4. The zero-order valence-electron chi connectivity index (χ0n) is 26.5. The van der Waals surface area contributed by atoms with Crippen molar-refractivity contribution in [2.24, 2.45) is 5.41 Å². The number of hydrogen-bond donors (Lipinski definition) is 1. The van der Waals surface area contributed by atoms with Gasteiger partial charge in [0.25, 0.3) is 5.91 Å². The van der Waals surface area contributed by atoms with Crippen LogP contribution < -0.4 is 24.6 Å². The first-order chi connectivity index (χ1) is 21.1. The van der Waals surface area contributed by atoms with Crippen molar-refractivity contribution in [3.05, 3.63) is 78.1 Å². The van der Waals surface area contributed by atoms with Crippen LogP contribution in [0.25, 0.3) is 0 Å². The molecule has 3 aromatic rings. The van der Waals surface area contributed by atoms with E-state index in [0.717, 1.165) is 18.4 Å². The fraction of sp³-hybridized carbons (Fsp3) is 0.412. The van der Waals surface area contributed by atoms with Gasteiger partial charge in [0, 0.05) is 58.2 Å². The van der Waals surface area contributed by atoms with E-state index in [1.54, 1.807) is 74.3 Å². The summed E-state index contributed by atoms with van der Waals surface area (Å²) in [6, 6.07) is 16.8. The van der Waals surface area contributed by atoms with E-state index < -0.39 is 5.41 Å². The Hall–Kier alpha value is -4.44. The van der Waals surface area contributed by atoms with E-state index in [2.05, 4.69) is 10.3 Å². The minimum absolute atomic E-state index is 0.0403. The molecular weight excluding hydrogens is 558 g/mol. The predicted octanol–water partition coefficient (Wildman–Crippen LogP) is 4.71. The van der Waals surface area contributed by atoms with Crippen LogP contribution in [0.4, 0.5) is 11.4 Å². The van der Waals surface area contributed by atoms with Crippen LogP contribution in [-0.4, -0.2) is 75.1 Å². The normalized spacial score (nSPS) is 15.0. The number of carbonyl (C=O) groups excluding carboxylic acids is 3. The van der Waals surface area contributed by atoms with E-state index in [1.165, 1.54) is 0 Å². The van der Waals surface area contributed by atoms with Crippen molar-refractivity contribution in [1.29, 1.82) is 0 Å². The van der Waals surface area contributed by atoms with Crippen LogP contribution in [0.2, 0.25) is 0 Å². The van der Waals surface area contributed by atoms with Gasteiger partial charge >= 0.3 is 0 Å². The molecule has 0 bridgehead atoms. The Bertz CT molecular complexity index is 1460. The number of amides is 3. The summed E-state index contributed by atoms with van der Waals surface area (Å²) in [6.07, 6.45) is 5.10. The number of carbonyl (C=O) groups is 3. The molecule has 0 radical (unpaired) electrons. The van der Waals surface area contributed by atoms with Crippen molar-refractivity contribution in [2.75, 3.05) is 57.2 Å². The second-order valence-corrected chi connectivity index (χ2v) is 11.4. The first-order valence-electron chi connectivity index (χ1n) is 15.0. The third-order valence-corrected chi connectivity index (χ3v) is 8.07. The SMILES string of the molecule is CCN1C(=O)C(C)(C)C(=O)N(C)c2cc(OCCCC(NCCN(C)C(=O)c3ccccc3OC)c3ccncc3)ccc21. The summed E-state index contributed by atoms with van der Waals surface area (Å²) in [6.45, 7) is 7.29. The number of para-hydroxylation sites is 1. The van der Waals surface area contributed by atoms with Gasteiger partial charge in [0.05, 0.1) is 30.7 Å². The lowest BCUT2D eigenvalue weighted by atomic mass is 9.90. The minimum atomic E-state index is -1.16. The Balaban J connectivity index is 1.36. The second-order valence-electron chi connectivity index (χ2n) is 11.4. The van der Waals surface area contributed by atoms with Gasteiger partial charge in [0.2, 0.25) is 11.8 Å². The lowest BCUT2D eigenvalue weighted by Gasteiger charge is -2.27. The molecule has 2 heterocycles. The van der Waals surface area contributed by atoms with E-state index in [0.29, 0.717) is 54.7 Å². The molecule has 234 valence electrons. The molecule has 1 aromatic heterocycles. The first kappa shape index (κ1) is 32.5. The third-order valence-electron chi connectivity index (χ3n) is 8.07. The number of ether oxygens (including phenoxy) is 2. The Morgan fingerprint density at radius 2 is 1.77 bits per heavy atom. The summed E-state index contributed by atoms with van der Waals surface area (Å²) in [7, 11) is 5.05. The summed E-state index contributed by atoms with van der Waals surface area (Å²) in [5, 5.41) is 3.59. The number of methoxy groups -OCH3 is 1. The van der Waals surface area contributed by atoms with Crippen molar-refractivity contribution < 1.29 is 23.9 Å². The lowest BCUT2D eigenvalue weighted by Crippen LogP contribution is -2.47. The van der Waals surface area contributed by atoms with Crippen LogP contribution in [0.3, 0.4) is 0 Å². The molecule has 0 aliphatic carbocycles. The van der Waals surface area contributed by atoms with Gasteiger partial charge in [-0.15, -0.1) is 0 Å². The molecule has 1 aliphatic heterocycles. The molecule has 0 saturated heterocycles. The lowest BCUT2D eigenvalue weighted by molar-refractivity contribution is -0.137. The Kier molecular flexibility index (Phi) is 10.6. The van der Waals surface area contributed by atoms with Crippen LogP contribution in [-0.2, 0) is 9.59 Å². The van der Waals surface area contributed by atoms with Gasteiger partial charge in [0.1, 0.15) is 16.9 Å². The standard InChI is InChI=1S/C34H43N5O5/c1-7-39-28-15-14-25(23-29(28)38(5)32(41)34(2,3)33(39)42)44-22-10-12-27(24-16-18-35-19-17-24)36-20-21-37(4)31(40)26-11-8-9-13-30(26)43-6/h8-9,11,13-19,23,27,36H,7,10,12,20-22H2,1-6H3. The number of anilines is 2. The Morgan fingerprint density at radius 3 is 2.48 bits per heavy atom. The average Bonchev–Trinajstić information content (AvgIpc) is 3.09. The van der Waals surface area contributed by atoms with Gasteiger partial charge < -0.3 is 29.5 Å². The average molecular weight is 602 g/mol. The van der Waals surface area contributed by atoms with Crippen LogP contribution in [0, 0.1) is 5.41 Å². The monoisotopic (exact) mass is 601 g/mol. The fourth-order valence-corrected chi connectivity index (χ4v) is 5.47. The quantitative estimate of drug-likeness (QED) is 0.224. The number of benzene rings is 2. The number of pyridine rings is 1. The highest BCUT2D eigenvalue weighted by atomic mass is 16.5. The zero-order valence-corrected chi connectivity index (χ0v) is 26.5. The highest BCUT2D eigenvalue weighted by Crippen LogP contribution is 2.40. The van der Waals surface area contributed by atoms with Crippen LogP contribution in [0.5, 0.6) is 11.5 Å². The van der Waals surface area contributed by atoms with Gasteiger partial charge in [-0.1, -0.05) is 12.1 Å². The van der Waals surface area contributed by atoms with E-state index in [-0.39, 0.29) is 23.8 Å². The number of hydrogen-bond acceptors (Lipinski definition) is 7. The molecule has 2 aromatic carbocycles. The van der Waals surface area contributed by atoms with E-state index in [9.17, 15) is 14.4 Å².